The molecule has 3 atom stereocenters. The number of nitrogens with one attached hydrogen (secondary N) is 1. The molecule has 2 aliphatic carbocycles. The van der Waals surface area contributed by atoms with Gasteiger partial charge in [0.15, 0.2) is 0 Å². The van der Waals surface area contributed by atoms with E-state index in [0.29, 0.717) is 22.9 Å². The zero-order valence-electron chi connectivity index (χ0n) is 17.2. The summed E-state index contributed by atoms with van der Waals surface area (Å²) in [6.07, 6.45) is 7.88. The van der Waals surface area contributed by atoms with E-state index in [4.69, 9.17) is 5.73 Å². The summed E-state index contributed by atoms with van der Waals surface area (Å²) in [5.41, 5.74) is 7.20. The van der Waals surface area contributed by atoms with Crippen LogP contribution in [0.15, 0.2) is 12.2 Å². The lowest BCUT2D eigenvalue weighted by Crippen LogP contribution is -2.41. The maximum absolute atomic E-state index is 12.9. The molecule has 0 saturated heterocycles. The molecule has 1 heterocycles. The van der Waals surface area contributed by atoms with Crippen LogP contribution < -0.4 is 16.2 Å². The van der Waals surface area contributed by atoms with Crippen LogP contribution in [0.3, 0.4) is 0 Å². The van der Waals surface area contributed by atoms with Gasteiger partial charge in [-0.15, -0.1) is 11.3 Å². The molecule has 1 aromatic rings. The fraction of sp³-hybridized carbons (Fsp3) is 0.591. The van der Waals surface area contributed by atoms with Crippen molar-refractivity contribution < 1.29 is 19.5 Å². The van der Waals surface area contributed by atoms with Crippen molar-refractivity contribution in [1.29, 1.82) is 0 Å². The predicted molar refractivity (Wildman–Crippen MR) is 111 cm³/mol. The Morgan fingerprint density at radius 2 is 1.90 bits per heavy atom. The van der Waals surface area contributed by atoms with Gasteiger partial charge < -0.3 is 21.0 Å². The van der Waals surface area contributed by atoms with Gasteiger partial charge in [0, 0.05) is 16.8 Å². The topological polar surface area (TPSA) is 112 Å². The third-order valence-corrected chi connectivity index (χ3v) is 8.01. The third-order valence-electron chi connectivity index (χ3n) is 6.84. The summed E-state index contributed by atoms with van der Waals surface area (Å²) in [5, 5.41) is 14.7. The van der Waals surface area contributed by atoms with Gasteiger partial charge in [-0.25, -0.2) is 0 Å². The van der Waals surface area contributed by atoms with Crippen LogP contribution in [0.4, 0.5) is 5.00 Å². The first kappa shape index (κ1) is 21.6. The van der Waals surface area contributed by atoms with E-state index in [-0.39, 0.29) is 11.8 Å². The first-order chi connectivity index (χ1) is 13.7. The van der Waals surface area contributed by atoms with Gasteiger partial charge in [-0.1, -0.05) is 39.3 Å². The number of carboxylic acids is 1. The molecule has 158 valence electrons. The zero-order chi connectivity index (χ0) is 21.3. The zero-order valence-corrected chi connectivity index (χ0v) is 18.1. The summed E-state index contributed by atoms with van der Waals surface area (Å²) < 4.78 is 0. The van der Waals surface area contributed by atoms with E-state index in [0.717, 1.165) is 36.1 Å². The van der Waals surface area contributed by atoms with Crippen LogP contribution in [0.2, 0.25) is 0 Å². The van der Waals surface area contributed by atoms with E-state index in [9.17, 15) is 19.5 Å². The third kappa shape index (κ3) is 4.25. The standard InChI is InChI=1S/C22H30N2O4S/c1-4-22(2,3)12-9-10-15-16(11-12)29-20(17(15)18(23)25)24-19(26)13-7-5-6-8-14(13)21(27)28/h5-6,12-14H,4,7-11H2,1-3H3,(H2,23,25)(H,24,26)(H,27,28)/p-1/t12-,13-,14-/m0/s1. The Labute approximate surface area is 175 Å². The highest BCUT2D eigenvalue weighted by molar-refractivity contribution is 7.17. The lowest BCUT2D eigenvalue weighted by molar-refractivity contribution is -0.313. The van der Waals surface area contributed by atoms with E-state index < -0.39 is 29.6 Å². The number of hydrogen-bond donors (Lipinski definition) is 2. The number of allylic oxidation sites excluding steroid dienone is 2. The summed E-state index contributed by atoms with van der Waals surface area (Å²) in [6.45, 7) is 6.73. The average molecular weight is 418 g/mol. The minimum absolute atomic E-state index is 0.202. The van der Waals surface area contributed by atoms with Gasteiger partial charge in [-0.05, 0) is 49.0 Å². The van der Waals surface area contributed by atoms with Gasteiger partial charge >= 0.3 is 0 Å². The van der Waals surface area contributed by atoms with Crippen molar-refractivity contribution in [2.24, 2.45) is 28.9 Å². The highest BCUT2D eigenvalue weighted by Gasteiger charge is 2.36. The number of carbonyl (C=O) groups excluding carboxylic acids is 3. The molecule has 0 aromatic carbocycles. The molecule has 29 heavy (non-hydrogen) atoms. The average Bonchev–Trinajstić information content (AvgIpc) is 3.04. The molecule has 0 saturated carbocycles. The second-order valence-corrected chi connectivity index (χ2v) is 9.92. The Hall–Kier alpha value is -2.15. The monoisotopic (exact) mass is 417 g/mol. The summed E-state index contributed by atoms with van der Waals surface area (Å²) in [7, 11) is 0. The molecular weight excluding hydrogens is 388 g/mol. The van der Waals surface area contributed by atoms with Gasteiger partial charge in [0.25, 0.3) is 5.91 Å². The fourth-order valence-electron chi connectivity index (χ4n) is 4.46. The molecule has 6 nitrogen and oxygen atoms in total. The summed E-state index contributed by atoms with van der Waals surface area (Å²) >= 11 is 1.41. The van der Waals surface area contributed by atoms with E-state index >= 15 is 0 Å². The number of nitrogens with two attached hydrogens (primary N) is 1. The van der Waals surface area contributed by atoms with Gasteiger partial charge in [-0.2, -0.15) is 0 Å². The largest absolute Gasteiger partial charge is 0.550 e. The molecule has 1 aromatic heterocycles. The molecule has 0 radical (unpaired) electrons. The maximum Gasteiger partial charge on any atom is 0.251 e. The van der Waals surface area contributed by atoms with Crippen LogP contribution in [0.5, 0.6) is 0 Å². The normalized spacial score (nSPS) is 24.0. The second kappa shape index (κ2) is 8.30. The van der Waals surface area contributed by atoms with Crippen molar-refractivity contribution in [3.05, 3.63) is 28.2 Å². The molecule has 2 aliphatic rings. The summed E-state index contributed by atoms with van der Waals surface area (Å²) in [5.74, 6) is -3.23. The first-order valence-corrected chi connectivity index (χ1v) is 11.1. The number of carbonyl (C=O) groups is 3. The van der Waals surface area contributed by atoms with E-state index in [2.05, 4.69) is 26.1 Å². The number of amides is 2. The highest BCUT2D eigenvalue weighted by Crippen LogP contribution is 2.45. The smallest absolute Gasteiger partial charge is 0.251 e. The lowest BCUT2D eigenvalue weighted by atomic mass is 9.69. The van der Waals surface area contributed by atoms with E-state index in [1.54, 1.807) is 6.08 Å². The molecule has 7 heteroatoms. The predicted octanol–water partition coefficient (Wildman–Crippen LogP) is 2.66. The van der Waals surface area contributed by atoms with Gasteiger partial charge in [-0.3, -0.25) is 9.59 Å². The molecule has 0 spiro atoms. The number of anilines is 1. The van der Waals surface area contributed by atoms with Gasteiger partial charge in [0.05, 0.1) is 11.5 Å². The van der Waals surface area contributed by atoms with Crippen LogP contribution in [-0.4, -0.2) is 17.8 Å². The fourth-order valence-corrected chi connectivity index (χ4v) is 5.80. The number of aliphatic carboxylic acids is 1. The Morgan fingerprint density at radius 3 is 2.48 bits per heavy atom. The van der Waals surface area contributed by atoms with Crippen molar-refractivity contribution in [1.82, 2.24) is 0 Å². The van der Waals surface area contributed by atoms with Crippen molar-refractivity contribution >= 4 is 34.1 Å². The molecule has 2 amide bonds. The quantitative estimate of drug-likeness (QED) is 0.693. The van der Waals surface area contributed by atoms with Crippen molar-refractivity contribution in [2.75, 3.05) is 5.32 Å². The molecule has 0 unspecified atom stereocenters. The van der Waals surface area contributed by atoms with E-state index in [1.807, 2.05) is 6.08 Å². The van der Waals surface area contributed by atoms with Crippen molar-refractivity contribution in [3.8, 4) is 0 Å². The van der Waals surface area contributed by atoms with Gasteiger partial charge in [0.2, 0.25) is 5.91 Å². The molecule has 0 aliphatic heterocycles. The molecule has 3 rings (SSSR count). The minimum Gasteiger partial charge on any atom is -0.550 e. The van der Waals surface area contributed by atoms with Crippen LogP contribution in [-0.2, 0) is 22.4 Å². The van der Waals surface area contributed by atoms with Crippen molar-refractivity contribution in [2.45, 2.75) is 59.3 Å². The first-order valence-electron chi connectivity index (χ1n) is 10.3. The SMILES string of the molecule is CCC(C)(C)[C@H]1CCc2c(sc(NC(=O)[C@H]3CC=CC[C@@H]3C(=O)[O-])c2C(N)=O)C1. The Bertz CT molecular complexity index is 855. The summed E-state index contributed by atoms with van der Waals surface area (Å²) in [6, 6.07) is 0. The Kier molecular flexibility index (Phi) is 6.17. The number of rotatable bonds is 6. The van der Waals surface area contributed by atoms with Crippen LogP contribution >= 0.6 is 11.3 Å². The summed E-state index contributed by atoms with van der Waals surface area (Å²) in [4.78, 5) is 37.6. The minimum atomic E-state index is -1.22. The van der Waals surface area contributed by atoms with Crippen LogP contribution in [0.1, 0.15) is 67.3 Å². The number of primary amides is 1. The second-order valence-electron chi connectivity index (χ2n) is 8.82. The lowest BCUT2D eigenvalue weighted by Gasteiger charge is -2.36. The van der Waals surface area contributed by atoms with Crippen LogP contribution in [0.25, 0.3) is 0 Å². The molecule has 0 bridgehead atoms. The maximum atomic E-state index is 12.9. The molecule has 0 fully saturated rings. The number of carboxylic acid groups (broad SMARTS) is 1. The molecular formula is C22H29N2O4S-. The molecule has 3 N–H and O–H groups in total. The number of thiophene rings is 1. The van der Waals surface area contributed by atoms with Crippen LogP contribution in [0, 0.1) is 23.2 Å². The Balaban J connectivity index is 1.87. The van der Waals surface area contributed by atoms with E-state index in [1.165, 1.54) is 11.3 Å². The van der Waals surface area contributed by atoms with Gasteiger partial charge in [0.1, 0.15) is 5.00 Å². The number of fused-ring (bicyclic) bond motifs is 1. The Morgan fingerprint density at radius 1 is 1.24 bits per heavy atom. The van der Waals surface area contributed by atoms with Crippen molar-refractivity contribution in [3.63, 3.8) is 0 Å². The highest BCUT2D eigenvalue weighted by atomic mass is 32.1. The number of hydrogen-bond acceptors (Lipinski definition) is 5.